The third-order valence-electron chi connectivity index (χ3n) is 4.63. The molecule has 112 valence electrons. The Bertz CT molecular complexity index is 249. The van der Waals surface area contributed by atoms with Gasteiger partial charge < -0.3 is 10.1 Å². The van der Waals surface area contributed by atoms with Crippen molar-refractivity contribution in [1.29, 1.82) is 0 Å². The molecule has 0 aromatic rings. The average molecular weight is 268 g/mol. The first-order valence-electron chi connectivity index (χ1n) is 8.30. The minimum absolute atomic E-state index is 0.404. The lowest BCUT2D eigenvalue weighted by Gasteiger charge is -2.36. The highest BCUT2D eigenvalue weighted by molar-refractivity contribution is 4.84. The molecule has 1 aliphatic carbocycles. The normalized spacial score (nSPS) is 36.8. The Hall–Kier alpha value is -0.120. The van der Waals surface area contributed by atoms with Crippen LogP contribution in [0.15, 0.2) is 0 Å². The summed E-state index contributed by atoms with van der Waals surface area (Å²) in [4.78, 5) is 2.61. The maximum Gasteiger partial charge on any atom is 0.0678 e. The number of hydrogen-bond donors (Lipinski definition) is 1. The van der Waals surface area contributed by atoms with Gasteiger partial charge in [-0.2, -0.15) is 0 Å². The standard InChI is InChI=1S/C16H32N2O/c1-4-9-17-16-7-5-6-15(16)8-10-18-11-13(2)19-14(3)12-18/h13-17H,4-12H2,1-3H3/t13-,14+,15?,16?. The van der Waals surface area contributed by atoms with E-state index >= 15 is 0 Å². The fourth-order valence-corrected chi connectivity index (χ4v) is 3.80. The van der Waals surface area contributed by atoms with Crippen molar-refractivity contribution in [3.8, 4) is 0 Å². The van der Waals surface area contributed by atoms with Crippen LogP contribution in [-0.4, -0.2) is 49.3 Å². The first-order valence-corrected chi connectivity index (χ1v) is 8.30. The van der Waals surface area contributed by atoms with E-state index in [4.69, 9.17) is 4.74 Å². The Morgan fingerprint density at radius 2 is 1.89 bits per heavy atom. The molecule has 3 nitrogen and oxygen atoms in total. The lowest BCUT2D eigenvalue weighted by Crippen LogP contribution is -2.46. The highest BCUT2D eigenvalue weighted by atomic mass is 16.5. The molecule has 3 heteroatoms. The number of morpholine rings is 1. The van der Waals surface area contributed by atoms with Gasteiger partial charge in [0.1, 0.15) is 0 Å². The van der Waals surface area contributed by atoms with Crippen LogP contribution in [0.1, 0.15) is 52.9 Å². The van der Waals surface area contributed by atoms with E-state index in [1.54, 1.807) is 0 Å². The SMILES string of the molecule is CCCNC1CCCC1CCN1C[C@@H](C)O[C@@H](C)C1. The van der Waals surface area contributed by atoms with Gasteiger partial charge in [0, 0.05) is 19.1 Å². The number of rotatable bonds is 6. The topological polar surface area (TPSA) is 24.5 Å². The highest BCUT2D eigenvalue weighted by Crippen LogP contribution is 2.29. The molecule has 0 spiro atoms. The number of hydrogen-bond acceptors (Lipinski definition) is 3. The zero-order chi connectivity index (χ0) is 13.7. The molecule has 1 heterocycles. The quantitative estimate of drug-likeness (QED) is 0.801. The van der Waals surface area contributed by atoms with Crippen molar-refractivity contribution in [2.24, 2.45) is 5.92 Å². The van der Waals surface area contributed by atoms with Crippen molar-refractivity contribution in [1.82, 2.24) is 10.2 Å². The van der Waals surface area contributed by atoms with Crippen LogP contribution in [0.4, 0.5) is 0 Å². The van der Waals surface area contributed by atoms with Crippen LogP contribution >= 0.6 is 0 Å². The lowest BCUT2D eigenvalue weighted by atomic mass is 9.98. The molecular weight excluding hydrogens is 236 g/mol. The zero-order valence-electron chi connectivity index (χ0n) is 13.0. The summed E-state index contributed by atoms with van der Waals surface area (Å²) in [7, 11) is 0. The van der Waals surface area contributed by atoms with E-state index in [9.17, 15) is 0 Å². The summed E-state index contributed by atoms with van der Waals surface area (Å²) < 4.78 is 5.81. The van der Waals surface area contributed by atoms with Crippen molar-refractivity contribution in [3.05, 3.63) is 0 Å². The second-order valence-corrected chi connectivity index (χ2v) is 6.56. The van der Waals surface area contributed by atoms with E-state index in [1.807, 2.05) is 0 Å². The Morgan fingerprint density at radius 1 is 1.16 bits per heavy atom. The van der Waals surface area contributed by atoms with Crippen molar-refractivity contribution in [3.63, 3.8) is 0 Å². The molecule has 2 fully saturated rings. The van der Waals surface area contributed by atoms with E-state index in [0.717, 1.165) is 25.0 Å². The average Bonchev–Trinajstić information content (AvgIpc) is 2.80. The van der Waals surface area contributed by atoms with Crippen molar-refractivity contribution in [2.75, 3.05) is 26.2 Å². The maximum absolute atomic E-state index is 5.81. The van der Waals surface area contributed by atoms with Crippen LogP contribution < -0.4 is 5.32 Å². The monoisotopic (exact) mass is 268 g/mol. The molecule has 0 amide bonds. The van der Waals surface area contributed by atoms with Gasteiger partial charge in [-0.1, -0.05) is 13.3 Å². The van der Waals surface area contributed by atoms with Gasteiger partial charge >= 0.3 is 0 Å². The van der Waals surface area contributed by atoms with Gasteiger partial charge in [0.15, 0.2) is 0 Å². The van der Waals surface area contributed by atoms with Gasteiger partial charge in [0.05, 0.1) is 12.2 Å². The minimum Gasteiger partial charge on any atom is -0.373 e. The van der Waals surface area contributed by atoms with Crippen LogP contribution in [-0.2, 0) is 4.74 Å². The largest absolute Gasteiger partial charge is 0.373 e. The van der Waals surface area contributed by atoms with E-state index < -0.39 is 0 Å². The Morgan fingerprint density at radius 3 is 2.58 bits per heavy atom. The second kappa shape index (κ2) is 7.61. The number of nitrogens with zero attached hydrogens (tertiary/aromatic N) is 1. The van der Waals surface area contributed by atoms with E-state index in [1.165, 1.54) is 45.2 Å². The molecule has 0 aromatic heterocycles. The van der Waals surface area contributed by atoms with Gasteiger partial charge in [-0.15, -0.1) is 0 Å². The van der Waals surface area contributed by atoms with Crippen molar-refractivity contribution < 1.29 is 4.74 Å². The highest BCUT2D eigenvalue weighted by Gasteiger charge is 2.28. The molecule has 2 rings (SSSR count). The smallest absolute Gasteiger partial charge is 0.0678 e. The molecule has 1 aliphatic heterocycles. The molecule has 0 aromatic carbocycles. The van der Waals surface area contributed by atoms with Gasteiger partial charge in [-0.05, 0) is 58.5 Å². The summed E-state index contributed by atoms with van der Waals surface area (Å²) in [5.41, 5.74) is 0. The van der Waals surface area contributed by atoms with Gasteiger partial charge in [0.2, 0.25) is 0 Å². The Labute approximate surface area is 119 Å². The number of ether oxygens (including phenoxy) is 1. The summed E-state index contributed by atoms with van der Waals surface area (Å²) in [6, 6.07) is 0.788. The Balaban J connectivity index is 1.71. The second-order valence-electron chi connectivity index (χ2n) is 6.56. The molecule has 2 aliphatic rings. The Kier molecular flexibility index (Phi) is 6.11. The lowest BCUT2D eigenvalue weighted by molar-refractivity contribution is -0.0690. The molecule has 1 N–H and O–H groups in total. The summed E-state index contributed by atoms with van der Waals surface area (Å²) in [6.45, 7) is 11.3. The summed E-state index contributed by atoms with van der Waals surface area (Å²) in [5, 5.41) is 3.74. The van der Waals surface area contributed by atoms with Gasteiger partial charge in [-0.3, -0.25) is 4.90 Å². The predicted octanol–water partition coefficient (Wildman–Crippen LogP) is 2.65. The third kappa shape index (κ3) is 4.73. The molecule has 0 bridgehead atoms. The fourth-order valence-electron chi connectivity index (χ4n) is 3.80. The first kappa shape index (κ1) is 15.3. The van der Waals surface area contributed by atoms with Gasteiger partial charge in [0.25, 0.3) is 0 Å². The maximum atomic E-state index is 5.81. The molecule has 0 radical (unpaired) electrons. The van der Waals surface area contributed by atoms with E-state index in [-0.39, 0.29) is 0 Å². The predicted molar refractivity (Wildman–Crippen MR) is 80.5 cm³/mol. The van der Waals surface area contributed by atoms with Crippen molar-refractivity contribution >= 4 is 0 Å². The molecule has 4 atom stereocenters. The third-order valence-corrected chi connectivity index (χ3v) is 4.63. The van der Waals surface area contributed by atoms with Crippen LogP contribution in [0.25, 0.3) is 0 Å². The summed E-state index contributed by atoms with van der Waals surface area (Å²) in [5.74, 6) is 0.903. The van der Waals surface area contributed by atoms with Crippen molar-refractivity contribution in [2.45, 2.75) is 71.1 Å². The van der Waals surface area contributed by atoms with E-state index in [2.05, 4.69) is 31.0 Å². The van der Waals surface area contributed by atoms with Crippen LogP contribution in [0.2, 0.25) is 0 Å². The fraction of sp³-hybridized carbons (Fsp3) is 1.00. The molecule has 19 heavy (non-hydrogen) atoms. The van der Waals surface area contributed by atoms with Crippen LogP contribution in [0.3, 0.4) is 0 Å². The van der Waals surface area contributed by atoms with E-state index in [0.29, 0.717) is 12.2 Å². The zero-order valence-corrected chi connectivity index (χ0v) is 13.0. The molecular formula is C16H32N2O. The van der Waals surface area contributed by atoms with Gasteiger partial charge in [-0.25, -0.2) is 0 Å². The van der Waals surface area contributed by atoms with Crippen LogP contribution in [0.5, 0.6) is 0 Å². The van der Waals surface area contributed by atoms with Crippen LogP contribution in [0, 0.1) is 5.92 Å². The molecule has 1 saturated heterocycles. The summed E-state index contributed by atoms with van der Waals surface area (Å²) in [6.07, 6.45) is 7.66. The molecule has 2 unspecified atom stereocenters. The number of nitrogens with one attached hydrogen (secondary N) is 1. The minimum atomic E-state index is 0.404. The molecule has 1 saturated carbocycles. The summed E-state index contributed by atoms with van der Waals surface area (Å²) >= 11 is 0. The first-order chi connectivity index (χ1) is 9.19.